The molecule has 0 bridgehead atoms. The Kier molecular flexibility index (Phi) is 5.97. The molecule has 7 heteroatoms. The van der Waals surface area contributed by atoms with Crippen molar-refractivity contribution >= 4 is 27.8 Å². The number of aromatic amines is 1. The summed E-state index contributed by atoms with van der Waals surface area (Å²) in [6, 6.07) is 9.87. The number of para-hydroxylation sites is 1. The first-order valence-corrected chi connectivity index (χ1v) is 11.2. The lowest BCUT2D eigenvalue weighted by Crippen LogP contribution is -2.45. The average Bonchev–Trinajstić information content (AvgIpc) is 3.22. The third kappa shape index (κ3) is 3.67. The summed E-state index contributed by atoms with van der Waals surface area (Å²) in [6.45, 7) is 7.94. The van der Waals surface area contributed by atoms with Crippen molar-refractivity contribution in [3.05, 3.63) is 80.1 Å². The molecule has 4 rings (SSSR count). The number of esters is 1. The minimum absolute atomic E-state index is 0.333. The number of carbonyl (C=O) groups excluding carboxylic acids is 1. The van der Waals surface area contributed by atoms with Crippen LogP contribution in [0, 0.1) is 13.8 Å². The first-order valence-electron chi connectivity index (χ1n) is 11.2. The molecule has 2 aromatic heterocycles. The number of hydrogen-bond donors (Lipinski definition) is 1. The highest BCUT2D eigenvalue weighted by molar-refractivity contribution is 5.88. The molecule has 0 spiro atoms. The van der Waals surface area contributed by atoms with Gasteiger partial charge in [-0.1, -0.05) is 31.5 Å². The summed E-state index contributed by atoms with van der Waals surface area (Å²) in [7, 11) is 1.27. The third-order valence-corrected chi connectivity index (χ3v) is 6.36. The van der Waals surface area contributed by atoms with Crippen LogP contribution in [0.4, 0.5) is 0 Å². The van der Waals surface area contributed by atoms with Gasteiger partial charge in [0.1, 0.15) is 6.04 Å². The van der Waals surface area contributed by atoms with Crippen LogP contribution >= 0.6 is 0 Å². The summed E-state index contributed by atoms with van der Waals surface area (Å²) in [5.41, 5.74) is 3.75. The summed E-state index contributed by atoms with van der Waals surface area (Å²) >= 11 is 0. The molecule has 7 nitrogen and oxygen atoms in total. The molecule has 172 valence electrons. The van der Waals surface area contributed by atoms with Crippen LogP contribution in [0.2, 0.25) is 0 Å². The molecule has 1 unspecified atom stereocenters. The van der Waals surface area contributed by atoms with Crippen LogP contribution in [0.5, 0.6) is 0 Å². The van der Waals surface area contributed by atoms with Gasteiger partial charge >= 0.3 is 11.7 Å². The van der Waals surface area contributed by atoms with Crippen molar-refractivity contribution in [1.29, 1.82) is 0 Å². The van der Waals surface area contributed by atoms with Crippen molar-refractivity contribution in [2.75, 3.05) is 7.11 Å². The third-order valence-electron chi connectivity index (χ3n) is 6.36. The fourth-order valence-corrected chi connectivity index (χ4v) is 4.87. The molecule has 2 heterocycles. The van der Waals surface area contributed by atoms with Crippen molar-refractivity contribution < 1.29 is 9.53 Å². The minimum atomic E-state index is -0.976. The van der Waals surface area contributed by atoms with Gasteiger partial charge in [-0.15, -0.1) is 0 Å². The molecule has 2 atom stereocenters. The Balaban J connectivity index is 2.05. The Morgan fingerprint density at radius 3 is 2.55 bits per heavy atom. The topological polar surface area (TPSA) is 86.1 Å². The van der Waals surface area contributed by atoms with Gasteiger partial charge in [-0.05, 0) is 56.5 Å². The Morgan fingerprint density at radius 2 is 1.85 bits per heavy atom. The van der Waals surface area contributed by atoms with E-state index in [1.54, 1.807) is 22.8 Å². The van der Waals surface area contributed by atoms with E-state index in [0.717, 1.165) is 32.2 Å². The van der Waals surface area contributed by atoms with Gasteiger partial charge in [-0.3, -0.25) is 9.36 Å². The zero-order chi connectivity index (χ0) is 23.9. The van der Waals surface area contributed by atoms with Crippen LogP contribution in [0.3, 0.4) is 0 Å². The largest absolute Gasteiger partial charge is 0.467 e. The van der Waals surface area contributed by atoms with E-state index in [2.05, 4.69) is 24.0 Å². The molecular weight excluding hydrogens is 418 g/mol. The number of methoxy groups -OCH3 is 1. The van der Waals surface area contributed by atoms with Gasteiger partial charge in [0.15, 0.2) is 0 Å². The summed E-state index contributed by atoms with van der Waals surface area (Å²) in [4.78, 5) is 43.1. The maximum absolute atomic E-state index is 13.9. The Bertz CT molecular complexity index is 1470. The van der Waals surface area contributed by atoms with E-state index in [1.165, 1.54) is 7.11 Å². The number of fused-ring (bicyclic) bond motifs is 2. The minimum Gasteiger partial charge on any atom is -0.467 e. The van der Waals surface area contributed by atoms with E-state index in [-0.39, 0.29) is 6.04 Å². The number of rotatable bonds is 6. The van der Waals surface area contributed by atoms with Gasteiger partial charge in [0.2, 0.25) is 0 Å². The Labute approximate surface area is 191 Å². The molecule has 4 aromatic rings. The monoisotopic (exact) mass is 447 g/mol. The lowest BCUT2D eigenvalue weighted by molar-refractivity contribution is -0.145. The summed E-state index contributed by atoms with van der Waals surface area (Å²) in [6.07, 6.45) is 2.87. The van der Waals surface area contributed by atoms with E-state index in [4.69, 9.17) is 4.74 Å². The van der Waals surface area contributed by atoms with Crippen LogP contribution in [0.1, 0.15) is 55.5 Å². The molecule has 0 fully saturated rings. The van der Waals surface area contributed by atoms with Crippen molar-refractivity contribution in [1.82, 2.24) is 14.1 Å². The number of carbonyl (C=O) groups is 1. The lowest BCUT2D eigenvalue weighted by atomic mass is 10.0. The van der Waals surface area contributed by atoms with Crippen LogP contribution in [0.15, 0.2) is 52.2 Å². The van der Waals surface area contributed by atoms with E-state index in [0.29, 0.717) is 23.7 Å². The molecule has 0 aliphatic carbocycles. The summed E-state index contributed by atoms with van der Waals surface area (Å²) in [5, 5.41) is 1.45. The van der Waals surface area contributed by atoms with Crippen molar-refractivity contribution in [3.63, 3.8) is 0 Å². The van der Waals surface area contributed by atoms with E-state index < -0.39 is 23.3 Å². The SMILES string of the molecule is CCC[C@H](C(=O)OC)n1c(=O)c2ccccc2n(C(C)c2c[nH]c3cc(C)cc(C)c23)c1=O. The molecule has 33 heavy (non-hydrogen) atoms. The fraction of sp³-hybridized carbons (Fsp3) is 0.346. The van der Waals surface area contributed by atoms with Gasteiger partial charge in [0.25, 0.3) is 5.56 Å². The van der Waals surface area contributed by atoms with Crippen molar-refractivity contribution in [3.8, 4) is 0 Å². The van der Waals surface area contributed by atoms with Crippen molar-refractivity contribution in [2.45, 2.75) is 52.6 Å². The zero-order valence-corrected chi connectivity index (χ0v) is 19.6. The normalized spacial score (nSPS) is 13.4. The molecule has 1 N–H and O–H groups in total. The first kappa shape index (κ1) is 22.6. The Morgan fingerprint density at radius 1 is 1.12 bits per heavy atom. The van der Waals surface area contributed by atoms with Crippen LogP contribution < -0.4 is 11.2 Å². The predicted molar refractivity (Wildman–Crippen MR) is 130 cm³/mol. The highest BCUT2D eigenvalue weighted by atomic mass is 16.5. The lowest BCUT2D eigenvalue weighted by Gasteiger charge is -2.23. The maximum atomic E-state index is 13.9. The van der Waals surface area contributed by atoms with Crippen molar-refractivity contribution in [2.24, 2.45) is 0 Å². The van der Waals surface area contributed by atoms with Gasteiger partial charge < -0.3 is 9.72 Å². The predicted octanol–water partition coefficient (Wildman–Crippen LogP) is 4.38. The molecule has 0 aliphatic heterocycles. The number of aryl methyl sites for hydroxylation is 2. The molecule has 0 amide bonds. The number of ether oxygens (including phenoxy) is 1. The molecule has 2 aromatic carbocycles. The molecule has 0 saturated heterocycles. The number of benzene rings is 2. The maximum Gasteiger partial charge on any atom is 0.332 e. The fourth-order valence-electron chi connectivity index (χ4n) is 4.87. The van der Waals surface area contributed by atoms with Gasteiger partial charge in [-0.2, -0.15) is 0 Å². The highest BCUT2D eigenvalue weighted by Gasteiger charge is 2.28. The molecule has 0 aliphatic rings. The van der Waals surface area contributed by atoms with E-state index in [9.17, 15) is 14.4 Å². The smallest absolute Gasteiger partial charge is 0.332 e. The second kappa shape index (κ2) is 8.73. The highest BCUT2D eigenvalue weighted by Crippen LogP contribution is 2.31. The quantitative estimate of drug-likeness (QED) is 0.444. The van der Waals surface area contributed by atoms with E-state index >= 15 is 0 Å². The van der Waals surface area contributed by atoms with Crippen LogP contribution in [-0.4, -0.2) is 27.2 Å². The zero-order valence-electron chi connectivity index (χ0n) is 19.6. The number of aromatic nitrogens is 3. The van der Waals surface area contributed by atoms with Gasteiger partial charge in [0.05, 0.1) is 24.1 Å². The second-order valence-corrected chi connectivity index (χ2v) is 8.60. The summed E-state index contributed by atoms with van der Waals surface area (Å²) in [5.74, 6) is -0.594. The Hall–Kier alpha value is -3.61. The van der Waals surface area contributed by atoms with Crippen LogP contribution in [-0.2, 0) is 9.53 Å². The standard InChI is InChI=1S/C26H29N3O4/c1-6-9-22(25(31)33-5)29-24(30)18-10-7-8-11-21(18)28(26(29)32)17(4)19-14-27-20-13-15(2)12-16(3)23(19)20/h7-8,10-14,17,22,27H,6,9H2,1-5H3/t17?,22-/m1/s1. The number of nitrogens with zero attached hydrogens (tertiary/aromatic N) is 2. The summed E-state index contributed by atoms with van der Waals surface area (Å²) < 4.78 is 7.63. The number of H-pyrrole nitrogens is 1. The first-order chi connectivity index (χ1) is 15.8. The molecular formula is C26H29N3O4. The molecule has 0 radical (unpaired) electrons. The molecule has 0 saturated carbocycles. The van der Waals surface area contributed by atoms with Gasteiger partial charge in [-0.25, -0.2) is 14.2 Å². The number of hydrogen-bond acceptors (Lipinski definition) is 4. The second-order valence-electron chi connectivity index (χ2n) is 8.60. The van der Waals surface area contributed by atoms with E-state index in [1.807, 2.05) is 33.0 Å². The van der Waals surface area contributed by atoms with Gasteiger partial charge in [0, 0.05) is 22.7 Å². The number of nitrogens with one attached hydrogen (secondary N) is 1. The van der Waals surface area contributed by atoms with Crippen LogP contribution in [0.25, 0.3) is 21.8 Å². The average molecular weight is 448 g/mol.